The average molecular weight is 384 g/mol. The van der Waals surface area contributed by atoms with Gasteiger partial charge in [0.25, 0.3) is 0 Å². The molecule has 0 bridgehead atoms. The zero-order valence-electron chi connectivity index (χ0n) is 16.1. The minimum Gasteiger partial charge on any atom is -0.454 e. The summed E-state index contributed by atoms with van der Waals surface area (Å²) >= 11 is 0. The van der Waals surface area contributed by atoms with Gasteiger partial charge in [0, 0.05) is 39.3 Å². The molecule has 0 unspecified atom stereocenters. The van der Waals surface area contributed by atoms with Crippen molar-refractivity contribution in [1.82, 2.24) is 9.80 Å². The van der Waals surface area contributed by atoms with Crippen LogP contribution in [0.5, 0.6) is 11.5 Å². The highest BCUT2D eigenvalue weighted by Gasteiger charge is 2.19. The van der Waals surface area contributed by atoms with Crippen LogP contribution < -0.4 is 9.47 Å². The van der Waals surface area contributed by atoms with Crippen molar-refractivity contribution >= 4 is 0 Å². The second kappa shape index (κ2) is 9.39. The molecule has 0 saturated carbocycles. The fourth-order valence-electron chi connectivity index (χ4n) is 3.67. The van der Waals surface area contributed by atoms with Gasteiger partial charge in [-0.3, -0.25) is 9.80 Å². The molecular formula is C22H28N2O4. The smallest absolute Gasteiger partial charge is 0.231 e. The number of nitrogens with zero attached hydrogens (tertiary/aromatic N) is 2. The van der Waals surface area contributed by atoms with Crippen LogP contribution >= 0.6 is 0 Å². The second-order valence-corrected chi connectivity index (χ2v) is 7.42. The number of rotatable bonds is 8. The number of β-amino-alcohol motifs (C(OH)–C–C–N with tert-alkyl or cyclic N) is 1. The summed E-state index contributed by atoms with van der Waals surface area (Å²) in [6.45, 7) is 6.72. The molecule has 6 heteroatoms. The Bertz CT molecular complexity index is 747. The summed E-state index contributed by atoms with van der Waals surface area (Å²) in [6.07, 6.45) is -0.477. The van der Waals surface area contributed by atoms with Crippen LogP contribution in [-0.2, 0) is 17.9 Å². The zero-order valence-corrected chi connectivity index (χ0v) is 16.1. The Morgan fingerprint density at radius 2 is 1.64 bits per heavy atom. The Kier molecular flexibility index (Phi) is 6.44. The molecule has 150 valence electrons. The maximum Gasteiger partial charge on any atom is 0.231 e. The molecule has 4 rings (SSSR count). The fourth-order valence-corrected chi connectivity index (χ4v) is 3.67. The summed E-state index contributed by atoms with van der Waals surface area (Å²) < 4.78 is 16.4. The van der Waals surface area contributed by atoms with Gasteiger partial charge in [-0.15, -0.1) is 0 Å². The molecule has 0 aliphatic carbocycles. The topological polar surface area (TPSA) is 54.4 Å². The van der Waals surface area contributed by atoms with E-state index < -0.39 is 6.10 Å². The van der Waals surface area contributed by atoms with Crippen LogP contribution in [-0.4, -0.2) is 67.1 Å². The van der Waals surface area contributed by atoms with Gasteiger partial charge in [0.1, 0.15) is 0 Å². The molecule has 6 nitrogen and oxygen atoms in total. The predicted octanol–water partition coefficient (Wildman–Crippen LogP) is 2.11. The number of hydrogen-bond donors (Lipinski definition) is 1. The lowest BCUT2D eigenvalue weighted by Crippen LogP contribution is -2.48. The van der Waals surface area contributed by atoms with Gasteiger partial charge in [0.05, 0.1) is 19.3 Å². The molecule has 0 aromatic heterocycles. The van der Waals surface area contributed by atoms with E-state index in [2.05, 4.69) is 40.1 Å². The largest absolute Gasteiger partial charge is 0.454 e. The number of hydrogen-bond acceptors (Lipinski definition) is 6. The molecule has 2 aromatic rings. The third-order valence-electron chi connectivity index (χ3n) is 5.20. The number of aliphatic hydroxyl groups is 1. The zero-order chi connectivity index (χ0) is 19.2. The molecule has 2 heterocycles. The van der Waals surface area contributed by atoms with Crippen LogP contribution in [0, 0.1) is 0 Å². The van der Waals surface area contributed by atoms with Gasteiger partial charge in [-0.05, 0) is 23.3 Å². The highest BCUT2D eigenvalue weighted by Crippen LogP contribution is 2.32. The van der Waals surface area contributed by atoms with Crippen molar-refractivity contribution < 1.29 is 19.3 Å². The van der Waals surface area contributed by atoms with Crippen LogP contribution in [0.25, 0.3) is 0 Å². The van der Waals surface area contributed by atoms with Crippen molar-refractivity contribution in [2.24, 2.45) is 0 Å². The quantitative estimate of drug-likeness (QED) is 0.752. The summed E-state index contributed by atoms with van der Waals surface area (Å²) in [6, 6.07) is 16.4. The Balaban J connectivity index is 1.13. The molecule has 0 spiro atoms. The van der Waals surface area contributed by atoms with Crippen molar-refractivity contribution in [1.29, 1.82) is 0 Å². The monoisotopic (exact) mass is 384 g/mol. The molecular weight excluding hydrogens is 356 g/mol. The lowest BCUT2D eigenvalue weighted by Gasteiger charge is -2.35. The third kappa shape index (κ3) is 5.23. The van der Waals surface area contributed by atoms with Crippen LogP contribution in [0.15, 0.2) is 48.5 Å². The lowest BCUT2D eigenvalue weighted by molar-refractivity contribution is 0.000854. The number of aliphatic hydroxyl groups excluding tert-OH is 1. The van der Waals surface area contributed by atoms with E-state index in [1.54, 1.807) is 0 Å². The summed E-state index contributed by atoms with van der Waals surface area (Å²) in [7, 11) is 0. The van der Waals surface area contributed by atoms with Gasteiger partial charge >= 0.3 is 0 Å². The molecule has 1 N–H and O–H groups in total. The third-order valence-corrected chi connectivity index (χ3v) is 5.20. The summed E-state index contributed by atoms with van der Waals surface area (Å²) in [4.78, 5) is 4.78. The maximum absolute atomic E-state index is 10.3. The Morgan fingerprint density at radius 3 is 2.46 bits per heavy atom. The molecule has 1 saturated heterocycles. The standard InChI is InChI=1S/C22H28N2O4/c25-20(16-26-15-19-6-7-21-22(12-19)28-17-27-21)14-24-10-8-23(9-11-24)13-18-4-2-1-3-5-18/h1-7,12,20,25H,8-11,13-17H2/t20-/m1/s1. The van der Waals surface area contributed by atoms with E-state index >= 15 is 0 Å². The van der Waals surface area contributed by atoms with E-state index in [0.717, 1.165) is 49.8 Å². The van der Waals surface area contributed by atoms with Crippen molar-refractivity contribution in [2.75, 3.05) is 46.1 Å². The van der Waals surface area contributed by atoms with Crippen LogP contribution in [0.2, 0.25) is 0 Å². The number of fused-ring (bicyclic) bond motifs is 1. The number of piperazine rings is 1. The molecule has 1 fully saturated rings. The van der Waals surface area contributed by atoms with Gasteiger partial charge in [0.2, 0.25) is 6.79 Å². The summed E-state index contributed by atoms with van der Waals surface area (Å²) in [5.41, 5.74) is 2.37. The van der Waals surface area contributed by atoms with Crippen molar-refractivity contribution in [2.45, 2.75) is 19.3 Å². The minimum absolute atomic E-state index is 0.275. The molecule has 2 aliphatic rings. The molecule has 28 heavy (non-hydrogen) atoms. The Labute approximate surface area is 166 Å². The van der Waals surface area contributed by atoms with Crippen molar-refractivity contribution in [3.8, 4) is 11.5 Å². The molecule has 0 radical (unpaired) electrons. The predicted molar refractivity (Wildman–Crippen MR) is 106 cm³/mol. The van der Waals surface area contributed by atoms with Crippen molar-refractivity contribution in [3.05, 3.63) is 59.7 Å². The van der Waals surface area contributed by atoms with Crippen LogP contribution in [0.3, 0.4) is 0 Å². The Morgan fingerprint density at radius 1 is 0.893 bits per heavy atom. The van der Waals surface area contributed by atoms with Crippen molar-refractivity contribution in [3.63, 3.8) is 0 Å². The first kappa shape index (κ1) is 19.2. The first-order valence-electron chi connectivity index (χ1n) is 9.89. The molecule has 1 atom stereocenters. The first-order valence-corrected chi connectivity index (χ1v) is 9.89. The van der Waals surface area contributed by atoms with Gasteiger partial charge in [-0.1, -0.05) is 36.4 Å². The summed E-state index contributed by atoms with van der Waals surface area (Å²) in [5, 5.41) is 10.3. The Hall–Kier alpha value is -2.12. The van der Waals surface area contributed by atoms with Crippen LogP contribution in [0.4, 0.5) is 0 Å². The van der Waals surface area contributed by atoms with Gasteiger partial charge in [-0.25, -0.2) is 0 Å². The highest BCUT2D eigenvalue weighted by atomic mass is 16.7. The lowest BCUT2D eigenvalue weighted by atomic mass is 10.2. The normalized spacial score (nSPS) is 18.3. The first-order chi connectivity index (χ1) is 13.8. The number of ether oxygens (including phenoxy) is 3. The second-order valence-electron chi connectivity index (χ2n) is 7.42. The molecule has 2 aromatic carbocycles. The van der Waals surface area contributed by atoms with Crippen LogP contribution in [0.1, 0.15) is 11.1 Å². The van der Waals surface area contributed by atoms with Gasteiger partial charge in [0.15, 0.2) is 11.5 Å². The average Bonchev–Trinajstić information content (AvgIpc) is 3.18. The fraction of sp³-hybridized carbons (Fsp3) is 0.455. The summed E-state index contributed by atoms with van der Waals surface area (Å²) in [5.74, 6) is 1.53. The molecule has 0 amide bonds. The van der Waals surface area contributed by atoms with E-state index in [-0.39, 0.29) is 6.79 Å². The molecule has 2 aliphatic heterocycles. The van der Waals surface area contributed by atoms with E-state index in [1.165, 1.54) is 5.56 Å². The minimum atomic E-state index is -0.477. The van der Waals surface area contributed by atoms with E-state index in [1.807, 2.05) is 18.2 Å². The van der Waals surface area contributed by atoms with E-state index in [0.29, 0.717) is 19.8 Å². The number of benzene rings is 2. The SMILES string of the molecule is O[C@@H](COCc1ccc2c(c1)OCO2)CN1CCN(Cc2ccccc2)CC1. The maximum atomic E-state index is 10.3. The van der Waals surface area contributed by atoms with E-state index in [4.69, 9.17) is 14.2 Å². The van der Waals surface area contributed by atoms with E-state index in [9.17, 15) is 5.11 Å². The van der Waals surface area contributed by atoms with Gasteiger partial charge in [-0.2, -0.15) is 0 Å². The van der Waals surface area contributed by atoms with Gasteiger partial charge < -0.3 is 19.3 Å². The highest BCUT2D eigenvalue weighted by molar-refractivity contribution is 5.44.